The molecule has 0 fully saturated rings. The van der Waals surface area contributed by atoms with E-state index in [4.69, 9.17) is 24.1 Å². The number of aryl methyl sites for hydroxylation is 1. The molecule has 1 rings (SSSR count). The standard InChI is InChI=1S/C17H25NO2.2ClH.Ru/c1-6-14(5)18-17(19)10-8-15-7-9-16(13(4)11-15)20-12(2)3;;;/h4,7,9,11-12,14H,6,8,10H2,1-3,5H3,(H,18,19);2*1H;/q;;;+2/p-2. The van der Waals surface area contributed by atoms with Gasteiger partial charge in [-0.1, -0.05) is 0 Å². The van der Waals surface area contributed by atoms with Crippen molar-refractivity contribution in [1.82, 2.24) is 5.32 Å². The molecule has 0 radical (unpaired) electrons. The Morgan fingerprint density at radius 2 is 2.04 bits per heavy atom. The molecule has 1 aromatic carbocycles. The van der Waals surface area contributed by atoms with Gasteiger partial charge in [-0.15, -0.1) is 0 Å². The molecule has 1 N–H and O–H groups in total. The van der Waals surface area contributed by atoms with Crippen LogP contribution in [0, 0.1) is 0 Å². The number of carbonyl (C=O) groups excluding carboxylic acids is 1. The minimum absolute atomic E-state index is 0.0784. The van der Waals surface area contributed by atoms with Gasteiger partial charge < -0.3 is 0 Å². The summed E-state index contributed by atoms with van der Waals surface area (Å²) in [5, 5.41) is 2.98. The molecule has 0 saturated heterocycles. The van der Waals surface area contributed by atoms with Crippen molar-refractivity contribution in [1.29, 1.82) is 0 Å². The summed E-state index contributed by atoms with van der Waals surface area (Å²) in [7, 11) is 12.0. The minimum atomic E-state index is -1.94. The second kappa shape index (κ2) is 10.4. The Hall–Kier alpha value is -0.437. The van der Waals surface area contributed by atoms with Crippen LogP contribution in [0.2, 0.25) is 0 Å². The first kappa shape index (κ1) is 20.6. The van der Waals surface area contributed by atoms with Crippen molar-refractivity contribution < 1.29 is 23.0 Å². The fraction of sp³-hybridized carbons (Fsp3) is 0.529. The summed E-state index contributed by atoms with van der Waals surface area (Å²) in [6, 6.07) is 6.15. The topological polar surface area (TPSA) is 38.3 Å². The van der Waals surface area contributed by atoms with Crippen LogP contribution < -0.4 is 10.1 Å². The van der Waals surface area contributed by atoms with Gasteiger partial charge in [0.1, 0.15) is 0 Å². The van der Waals surface area contributed by atoms with Crippen molar-refractivity contribution in [2.45, 2.75) is 59.1 Å². The molecule has 132 valence electrons. The average Bonchev–Trinajstić information content (AvgIpc) is 2.46. The van der Waals surface area contributed by atoms with Crippen LogP contribution in [0.1, 0.15) is 51.7 Å². The number of nitrogens with one attached hydrogen (secondary N) is 1. The zero-order valence-corrected chi connectivity index (χ0v) is 17.3. The van der Waals surface area contributed by atoms with Gasteiger partial charge in [0.25, 0.3) is 0 Å². The van der Waals surface area contributed by atoms with Crippen LogP contribution in [-0.2, 0) is 24.7 Å². The van der Waals surface area contributed by atoms with Gasteiger partial charge in [0.2, 0.25) is 0 Å². The molecule has 0 aliphatic heterocycles. The predicted molar refractivity (Wildman–Crippen MR) is 95.3 cm³/mol. The fourth-order valence-electron chi connectivity index (χ4n) is 1.98. The fourth-order valence-corrected chi connectivity index (χ4v) is 3.77. The van der Waals surface area contributed by atoms with E-state index in [0.29, 0.717) is 12.8 Å². The molecule has 0 aliphatic carbocycles. The van der Waals surface area contributed by atoms with Gasteiger partial charge in [-0.3, -0.25) is 0 Å². The number of benzene rings is 1. The molecule has 1 aromatic rings. The number of hydrogen-bond acceptors (Lipinski definition) is 2. The van der Waals surface area contributed by atoms with Crippen LogP contribution in [0.5, 0.6) is 5.75 Å². The van der Waals surface area contributed by atoms with Crippen LogP contribution in [0.15, 0.2) is 18.2 Å². The van der Waals surface area contributed by atoms with E-state index in [2.05, 4.69) is 12.2 Å². The summed E-state index contributed by atoms with van der Waals surface area (Å²) in [6.07, 6.45) is 2.17. The first-order valence-electron chi connectivity index (χ1n) is 7.74. The van der Waals surface area contributed by atoms with Crippen LogP contribution in [0.25, 0.3) is 0 Å². The molecular weight excluding hydrogens is 422 g/mol. The number of carbonyl (C=O) groups is 1. The van der Waals surface area contributed by atoms with Crippen molar-refractivity contribution in [2.75, 3.05) is 0 Å². The van der Waals surface area contributed by atoms with E-state index >= 15 is 0 Å². The van der Waals surface area contributed by atoms with Crippen LogP contribution >= 0.6 is 19.4 Å². The Balaban J connectivity index is 2.80. The quantitative estimate of drug-likeness (QED) is 0.601. The zero-order valence-electron chi connectivity index (χ0n) is 14.0. The molecule has 1 atom stereocenters. The molecule has 0 aliphatic rings. The normalized spacial score (nSPS) is 12.7. The summed E-state index contributed by atoms with van der Waals surface area (Å²) in [5.74, 6) is 0.863. The molecule has 0 spiro atoms. The molecule has 0 aromatic heterocycles. The number of amides is 1. The zero-order chi connectivity index (χ0) is 17.4. The van der Waals surface area contributed by atoms with E-state index in [1.54, 1.807) is 0 Å². The summed E-state index contributed by atoms with van der Waals surface area (Å²) in [6.45, 7) is 8.02. The molecule has 3 nitrogen and oxygen atoms in total. The van der Waals surface area contributed by atoms with Gasteiger partial charge in [-0.05, 0) is 0 Å². The summed E-state index contributed by atoms with van der Waals surface area (Å²) >= 11 is -1.94. The van der Waals surface area contributed by atoms with Crippen LogP contribution in [-0.4, -0.2) is 22.7 Å². The third kappa shape index (κ3) is 8.28. The Morgan fingerprint density at radius 1 is 1.35 bits per heavy atom. The second-order valence-electron chi connectivity index (χ2n) is 5.72. The predicted octanol–water partition coefficient (Wildman–Crippen LogP) is 4.40. The third-order valence-corrected chi connectivity index (χ3v) is 5.12. The maximum atomic E-state index is 11.9. The molecule has 1 unspecified atom stereocenters. The summed E-state index contributed by atoms with van der Waals surface area (Å²) < 4.78 is 7.67. The summed E-state index contributed by atoms with van der Waals surface area (Å²) in [4.78, 5) is 11.9. The van der Waals surface area contributed by atoms with Gasteiger partial charge in [0, 0.05) is 0 Å². The molecule has 1 amide bonds. The maximum absolute atomic E-state index is 11.9. The van der Waals surface area contributed by atoms with Gasteiger partial charge in [-0.25, -0.2) is 0 Å². The van der Waals surface area contributed by atoms with E-state index in [1.807, 2.05) is 43.6 Å². The third-order valence-electron chi connectivity index (χ3n) is 3.28. The van der Waals surface area contributed by atoms with E-state index in [0.717, 1.165) is 23.3 Å². The van der Waals surface area contributed by atoms with Gasteiger partial charge >= 0.3 is 152 Å². The average molecular weight is 447 g/mol. The molecule has 0 heterocycles. The van der Waals surface area contributed by atoms with Gasteiger partial charge in [0.15, 0.2) is 0 Å². The van der Waals surface area contributed by atoms with Gasteiger partial charge in [-0.2, -0.15) is 0 Å². The molecule has 23 heavy (non-hydrogen) atoms. The SMILES string of the molecule is CCC(C)NC(=O)CCc1ccc(OC(C)C)c([CH]=[Ru]([Cl])[Cl])c1. The van der Waals surface area contributed by atoms with Crippen LogP contribution in [0.4, 0.5) is 0 Å². The van der Waals surface area contributed by atoms with Crippen molar-refractivity contribution in [3.8, 4) is 5.75 Å². The van der Waals surface area contributed by atoms with Crippen molar-refractivity contribution in [3.05, 3.63) is 29.3 Å². The second-order valence-corrected chi connectivity index (χ2v) is 11.4. The van der Waals surface area contributed by atoms with Crippen molar-refractivity contribution in [2.24, 2.45) is 0 Å². The monoisotopic (exact) mass is 447 g/mol. The number of hydrogen-bond donors (Lipinski definition) is 1. The molecular formula is C17H25Cl2NO2Ru. The van der Waals surface area contributed by atoms with E-state index in [-0.39, 0.29) is 18.1 Å². The first-order valence-corrected chi connectivity index (χ1v) is 13.2. The Morgan fingerprint density at radius 3 is 2.61 bits per heavy atom. The van der Waals surface area contributed by atoms with Crippen molar-refractivity contribution in [3.63, 3.8) is 0 Å². The van der Waals surface area contributed by atoms with Crippen molar-refractivity contribution >= 4 is 29.9 Å². The van der Waals surface area contributed by atoms with E-state index < -0.39 is 13.5 Å². The number of halogens is 2. The summed E-state index contributed by atoms with van der Waals surface area (Å²) in [5.41, 5.74) is 2.00. The van der Waals surface area contributed by atoms with E-state index in [9.17, 15) is 4.79 Å². The van der Waals surface area contributed by atoms with Gasteiger partial charge in [0.05, 0.1) is 0 Å². The van der Waals surface area contributed by atoms with Crippen LogP contribution in [0.3, 0.4) is 0 Å². The van der Waals surface area contributed by atoms with E-state index in [1.165, 1.54) is 0 Å². The Bertz CT molecular complexity index is 558. The first-order chi connectivity index (χ1) is 10.8. The Kier molecular flexibility index (Phi) is 9.35. The molecule has 0 saturated carbocycles. The molecule has 6 heteroatoms. The number of rotatable bonds is 8. The molecule has 0 bridgehead atoms. The number of ether oxygens (including phenoxy) is 1. The Labute approximate surface area is 152 Å².